The molecule has 3 nitrogen and oxygen atoms in total. The van der Waals surface area contributed by atoms with Crippen LogP contribution in [0.1, 0.15) is 75.8 Å². The van der Waals surface area contributed by atoms with E-state index in [0.717, 1.165) is 29.1 Å². The molecule has 0 fully saturated rings. The number of hydrogen-bond acceptors (Lipinski definition) is 3. The Morgan fingerprint density at radius 3 is 2.22 bits per heavy atom. The third-order valence-corrected chi connectivity index (χ3v) is 8.97. The Balaban J connectivity index is 2.16. The van der Waals surface area contributed by atoms with Crippen molar-refractivity contribution in [1.29, 1.82) is 0 Å². The molecule has 0 radical (unpaired) electrons. The van der Waals surface area contributed by atoms with E-state index in [4.69, 9.17) is 14.5 Å². The maximum atomic E-state index is 6.22. The first kappa shape index (κ1) is 28.1. The normalized spacial score (nSPS) is 14.3. The molecule has 192 valence electrons. The van der Waals surface area contributed by atoms with Gasteiger partial charge < -0.3 is 9.47 Å². The van der Waals surface area contributed by atoms with Crippen LogP contribution < -0.4 is 10.0 Å². The third kappa shape index (κ3) is 6.44. The molecule has 4 heteroatoms. The number of aryl methyl sites for hydroxylation is 2. The van der Waals surface area contributed by atoms with Gasteiger partial charge in [0.15, 0.2) is 6.79 Å². The minimum Gasteiger partial charge on any atom is -0.467 e. The second-order valence-electron chi connectivity index (χ2n) is 10.8. The van der Waals surface area contributed by atoms with E-state index in [2.05, 4.69) is 97.9 Å². The van der Waals surface area contributed by atoms with Crippen LogP contribution in [-0.4, -0.2) is 19.6 Å². The maximum absolute atomic E-state index is 6.22. The topological polar surface area (TPSA) is 30.8 Å². The molecule has 0 aliphatic rings. The molecule has 0 saturated carbocycles. The summed E-state index contributed by atoms with van der Waals surface area (Å²) in [5.41, 5.74) is 8.34. The van der Waals surface area contributed by atoms with Crippen LogP contribution in [0.15, 0.2) is 65.7 Å². The van der Waals surface area contributed by atoms with Crippen molar-refractivity contribution in [2.75, 3.05) is 13.9 Å². The largest absolute Gasteiger partial charge is 0.467 e. The zero-order chi connectivity index (χ0) is 26.5. The van der Waals surface area contributed by atoms with Gasteiger partial charge in [0.2, 0.25) is 0 Å². The molecule has 0 aromatic heterocycles. The monoisotopic (exact) mass is 503 g/mol. The van der Waals surface area contributed by atoms with Crippen LogP contribution in [0.2, 0.25) is 0 Å². The molecule has 3 aromatic carbocycles. The molecule has 2 unspecified atom stereocenters. The van der Waals surface area contributed by atoms with Crippen molar-refractivity contribution in [3.63, 3.8) is 0 Å². The van der Waals surface area contributed by atoms with Gasteiger partial charge in [0.25, 0.3) is 0 Å². The van der Waals surface area contributed by atoms with Gasteiger partial charge in [0, 0.05) is 29.1 Å². The number of aliphatic imine (C=N–C) groups is 1. The van der Waals surface area contributed by atoms with Gasteiger partial charge >= 0.3 is 0 Å². The predicted molar refractivity (Wildman–Crippen MR) is 157 cm³/mol. The van der Waals surface area contributed by atoms with E-state index in [0.29, 0.717) is 8.58 Å². The van der Waals surface area contributed by atoms with Gasteiger partial charge in [0.05, 0.1) is 5.69 Å². The number of benzene rings is 3. The van der Waals surface area contributed by atoms with Crippen LogP contribution in [0.5, 0.6) is 5.75 Å². The van der Waals surface area contributed by atoms with E-state index in [-0.39, 0.29) is 17.4 Å². The average Bonchev–Trinajstić information content (AvgIpc) is 2.84. The Labute approximate surface area is 220 Å². The second-order valence-corrected chi connectivity index (χ2v) is 12.7. The minimum atomic E-state index is -0.108. The smallest absolute Gasteiger partial charge is 0.188 e. The van der Waals surface area contributed by atoms with E-state index >= 15 is 0 Å². The Kier molecular flexibility index (Phi) is 9.14. The van der Waals surface area contributed by atoms with Gasteiger partial charge in [-0.2, -0.15) is 0 Å². The molecular weight excluding hydrogens is 461 g/mol. The molecule has 3 aromatic rings. The van der Waals surface area contributed by atoms with Gasteiger partial charge in [-0.1, -0.05) is 91.7 Å². The second kappa shape index (κ2) is 11.7. The first-order valence-corrected chi connectivity index (χ1v) is 13.8. The summed E-state index contributed by atoms with van der Waals surface area (Å²) in [5, 5.41) is 1.26. The standard InChI is InChI=1S/C32H42NO2P/c1-10-32(8,28-20-25(31(5,6)7)19-23(3)29(28)35-21-34-9)36-30-22(2)15-14-18-27(30)24(4)33-26-16-12-11-13-17-26/h11-20,36H,10,21H2,1-9H3. The summed E-state index contributed by atoms with van der Waals surface area (Å²) >= 11 is 0. The highest BCUT2D eigenvalue weighted by Crippen LogP contribution is 2.50. The van der Waals surface area contributed by atoms with Crippen molar-refractivity contribution in [3.8, 4) is 5.75 Å². The Morgan fingerprint density at radius 1 is 0.917 bits per heavy atom. The molecular formula is C32H42NO2P. The summed E-state index contributed by atoms with van der Waals surface area (Å²) < 4.78 is 11.5. The van der Waals surface area contributed by atoms with E-state index in [1.54, 1.807) is 7.11 Å². The zero-order valence-corrected chi connectivity index (χ0v) is 24.5. The van der Waals surface area contributed by atoms with Crippen LogP contribution in [0.25, 0.3) is 0 Å². The Bertz CT molecular complexity index is 1210. The summed E-state index contributed by atoms with van der Waals surface area (Å²) in [7, 11) is 2.23. The first-order valence-electron chi connectivity index (χ1n) is 12.8. The van der Waals surface area contributed by atoms with E-state index in [1.807, 2.05) is 18.2 Å². The number of para-hydroxylation sites is 1. The number of ether oxygens (including phenoxy) is 2. The van der Waals surface area contributed by atoms with Gasteiger partial charge in [-0.15, -0.1) is 0 Å². The molecule has 0 saturated heterocycles. The van der Waals surface area contributed by atoms with Crippen LogP contribution in [0.3, 0.4) is 0 Å². The number of methoxy groups -OCH3 is 1. The van der Waals surface area contributed by atoms with E-state index < -0.39 is 0 Å². The molecule has 0 aliphatic heterocycles. The molecule has 0 spiro atoms. The van der Waals surface area contributed by atoms with Gasteiger partial charge in [-0.3, -0.25) is 4.99 Å². The zero-order valence-electron chi connectivity index (χ0n) is 23.5. The van der Waals surface area contributed by atoms with Crippen molar-refractivity contribution >= 4 is 25.3 Å². The van der Waals surface area contributed by atoms with Crippen LogP contribution in [-0.2, 0) is 15.3 Å². The number of rotatable bonds is 9. The highest BCUT2D eigenvalue weighted by atomic mass is 31.1. The van der Waals surface area contributed by atoms with Gasteiger partial charge in [0.1, 0.15) is 5.75 Å². The van der Waals surface area contributed by atoms with Crippen molar-refractivity contribution in [3.05, 3.63) is 88.5 Å². The van der Waals surface area contributed by atoms with Crippen molar-refractivity contribution in [2.45, 2.75) is 72.4 Å². The highest BCUT2D eigenvalue weighted by Gasteiger charge is 2.33. The predicted octanol–water partition coefficient (Wildman–Crippen LogP) is 8.35. The van der Waals surface area contributed by atoms with Crippen LogP contribution in [0, 0.1) is 13.8 Å². The fraction of sp³-hybridized carbons (Fsp3) is 0.406. The Hall–Kier alpha value is -2.48. The van der Waals surface area contributed by atoms with Crippen molar-refractivity contribution in [1.82, 2.24) is 0 Å². The molecule has 0 bridgehead atoms. The summed E-state index contributed by atoms with van der Waals surface area (Å²) in [6.07, 6.45) is 0.991. The third-order valence-electron chi connectivity index (χ3n) is 6.88. The SMILES string of the molecule is CCC(C)(Pc1c(C)cccc1C(C)=Nc1ccccc1)c1cc(C(C)(C)C)cc(C)c1OCOC. The summed E-state index contributed by atoms with van der Waals surface area (Å²) in [6, 6.07) is 21.4. The van der Waals surface area contributed by atoms with Crippen molar-refractivity contribution in [2.24, 2.45) is 4.99 Å². The lowest BCUT2D eigenvalue weighted by atomic mass is 9.82. The van der Waals surface area contributed by atoms with Crippen LogP contribution in [0.4, 0.5) is 5.69 Å². The van der Waals surface area contributed by atoms with Crippen molar-refractivity contribution < 1.29 is 9.47 Å². The number of nitrogens with zero attached hydrogens (tertiary/aromatic N) is 1. The summed E-state index contributed by atoms with van der Waals surface area (Å²) in [4.78, 5) is 4.96. The lowest BCUT2D eigenvalue weighted by Crippen LogP contribution is -2.25. The first-order chi connectivity index (χ1) is 17.0. The fourth-order valence-electron chi connectivity index (χ4n) is 4.44. The average molecular weight is 504 g/mol. The van der Waals surface area contributed by atoms with Crippen LogP contribution >= 0.6 is 8.58 Å². The fourth-order valence-corrected chi connectivity index (χ4v) is 6.17. The van der Waals surface area contributed by atoms with E-state index in [1.165, 1.54) is 27.6 Å². The lowest BCUT2D eigenvalue weighted by molar-refractivity contribution is 0.0495. The molecule has 3 rings (SSSR count). The summed E-state index contributed by atoms with van der Waals surface area (Å²) in [5.74, 6) is 0.950. The highest BCUT2D eigenvalue weighted by molar-refractivity contribution is 7.49. The molecule has 0 aliphatic carbocycles. The quantitative estimate of drug-likeness (QED) is 0.167. The van der Waals surface area contributed by atoms with Gasteiger partial charge in [-0.05, 0) is 66.7 Å². The number of hydrogen-bond donors (Lipinski definition) is 0. The Morgan fingerprint density at radius 2 is 1.61 bits per heavy atom. The minimum absolute atomic E-state index is 0.0454. The van der Waals surface area contributed by atoms with Gasteiger partial charge in [-0.25, -0.2) is 0 Å². The maximum Gasteiger partial charge on any atom is 0.188 e. The summed E-state index contributed by atoms with van der Waals surface area (Å²) in [6.45, 7) is 18.2. The molecule has 36 heavy (non-hydrogen) atoms. The molecule has 2 atom stereocenters. The van der Waals surface area contributed by atoms with E-state index in [9.17, 15) is 0 Å². The lowest BCUT2D eigenvalue weighted by Gasteiger charge is -2.34. The molecule has 0 heterocycles. The molecule has 0 amide bonds. The molecule has 0 N–H and O–H groups in total.